The fourth-order valence-corrected chi connectivity index (χ4v) is 1.65. The first kappa shape index (κ1) is 12.9. The summed E-state index contributed by atoms with van der Waals surface area (Å²) in [7, 11) is 1.60. The van der Waals surface area contributed by atoms with Gasteiger partial charge in [0.2, 0.25) is 0 Å². The molecule has 90 valence electrons. The number of carbonyl (C=O) groups excluding carboxylic acids is 1. The predicted molar refractivity (Wildman–Crippen MR) is 60.9 cm³/mol. The molecule has 0 saturated carbocycles. The fraction of sp³-hybridized carbons (Fsp3) is 0.750. The third-order valence-electron chi connectivity index (χ3n) is 2.43. The maximum Gasteiger partial charge on any atom is 0.410 e. The number of hydrogen-bond acceptors (Lipinski definition) is 3. The second kappa shape index (κ2) is 4.75. The van der Waals surface area contributed by atoms with Crippen molar-refractivity contribution in [3.8, 4) is 12.3 Å². The van der Waals surface area contributed by atoms with Crippen LogP contribution in [-0.2, 0) is 9.47 Å². The van der Waals surface area contributed by atoms with Gasteiger partial charge in [0.15, 0.2) is 0 Å². The van der Waals surface area contributed by atoms with Crippen LogP contribution in [0.4, 0.5) is 4.79 Å². The van der Waals surface area contributed by atoms with Gasteiger partial charge in [0, 0.05) is 13.7 Å². The summed E-state index contributed by atoms with van der Waals surface area (Å²) in [5.41, 5.74) is -0.478. The number of methoxy groups -OCH3 is 1. The molecule has 1 heterocycles. The highest BCUT2D eigenvalue weighted by atomic mass is 16.6. The number of carbonyl (C=O) groups is 1. The minimum atomic E-state index is -0.478. The molecule has 0 spiro atoms. The van der Waals surface area contributed by atoms with E-state index in [1.54, 1.807) is 12.0 Å². The summed E-state index contributed by atoms with van der Waals surface area (Å²) >= 11 is 0. The van der Waals surface area contributed by atoms with E-state index in [1.807, 2.05) is 20.8 Å². The van der Waals surface area contributed by atoms with Gasteiger partial charge in [0.25, 0.3) is 0 Å². The molecule has 0 unspecified atom stereocenters. The molecule has 0 aromatic heterocycles. The van der Waals surface area contributed by atoms with E-state index in [0.717, 1.165) is 0 Å². The molecule has 0 bridgehead atoms. The molecule has 1 saturated heterocycles. The summed E-state index contributed by atoms with van der Waals surface area (Å²) in [6.07, 6.45) is 4.97. The van der Waals surface area contributed by atoms with Crippen LogP contribution in [0.1, 0.15) is 20.8 Å². The number of amides is 1. The zero-order valence-electron chi connectivity index (χ0n) is 10.3. The van der Waals surface area contributed by atoms with Crippen molar-refractivity contribution in [1.29, 1.82) is 0 Å². The monoisotopic (exact) mass is 225 g/mol. The molecule has 0 N–H and O–H groups in total. The van der Waals surface area contributed by atoms with Crippen LogP contribution in [0.5, 0.6) is 0 Å². The Bertz CT molecular complexity index is 300. The van der Waals surface area contributed by atoms with Gasteiger partial charge in [-0.3, -0.25) is 0 Å². The van der Waals surface area contributed by atoms with Crippen LogP contribution in [0, 0.1) is 18.3 Å². The molecule has 1 rings (SSSR count). The Balaban J connectivity index is 2.58. The largest absolute Gasteiger partial charge is 0.444 e. The van der Waals surface area contributed by atoms with Crippen LogP contribution >= 0.6 is 0 Å². The highest BCUT2D eigenvalue weighted by Gasteiger charge is 2.36. The number of rotatable bonds is 1. The Morgan fingerprint density at radius 3 is 2.44 bits per heavy atom. The number of ether oxygens (including phenoxy) is 2. The molecule has 1 fully saturated rings. The molecule has 1 amide bonds. The van der Waals surface area contributed by atoms with Crippen molar-refractivity contribution in [3.05, 3.63) is 0 Å². The zero-order chi connectivity index (χ0) is 12.3. The van der Waals surface area contributed by atoms with Crippen molar-refractivity contribution in [1.82, 2.24) is 4.90 Å². The van der Waals surface area contributed by atoms with Gasteiger partial charge in [-0.25, -0.2) is 4.79 Å². The Morgan fingerprint density at radius 1 is 1.44 bits per heavy atom. The molecule has 1 aliphatic heterocycles. The van der Waals surface area contributed by atoms with E-state index in [0.29, 0.717) is 13.1 Å². The highest BCUT2D eigenvalue weighted by Crippen LogP contribution is 2.21. The van der Waals surface area contributed by atoms with Gasteiger partial charge in [-0.1, -0.05) is 5.92 Å². The third kappa shape index (κ3) is 3.14. The normalized spacial score (nSPS) is 25.3. The smallest absolute Gasteiger partial charge is 0.410 e. The summed E-state index contributed by atoms with van der Waals surface area (Å²) in [5.74, 6) is 2.59. The lowest BCUT2D eigenvalue weighted by Gasteiger charge is -2.24. The Labute approximate surface area is 96.9 Å². The molecule has 0 aromatic rings. The van der Waals surface area contributed by atoms with Gasteiger partial charge >= 0.3 is 6.09 Å². The first-order valence-corrected chi connectivity index (χ1v) is 5.34. The van der Waals surface area contributed by atoms with Crippen molar-refractivity contribution in [2.45, 2.75) is 32.5 Å². The van der Waals surface area contributed by atoms with Crippen molar-refractivity contribution < 1.29 is 14.3 Å². The first-order chi connectivity index (χ1) is 7.37. The Hall–Kier alpha value is -1.21. The maximum atomic E-state index is 11.8. The topological polar surface area (TPSA) is 38.8 Å². The summed E-state index contributed by atoms with van der Waals surface area (Å²) in [5, 5.41) is 0. The minimum absolute atomic E-state index is 0.0440. The van der Waals surface area contributed by atoms with Crippen molar-refractivity contribution in [3.63, 3.8) is 0 Å². The molecular weight excluding hydrogens is 206 g/mol. The summed E-state index contributed by atoms with van der Waals surface area (Å²) in [6, 6.07) is 0. The van der Waals surface area contributed by atoms with Crippen LogP contribution in [0.2, 0.25) is 0 Å². The number of nitrogens with zero attached hydrogens (tertiary/aromatic N) is 1. The Kier molecular flexibility index (Phi) is 3.82. The van der Waals surface area contributed by atoms with Gasteiger partial charge in [-0.15, -0.1) is 6.42 Å². The van der Waals surface area contributed by atoms with Gasteiger partial charge in [-0.2, -0.15) is 0 Å². The quantitative estimate of drug-likeness (QED) is 0.635. The van der Waals surface area contributed by atoms with Gasteiger partial charge in [0.05, 0.1) is 18.6 Å². The predicted octanol–water partition coefficient (Wildman–Crippen LogP) is 1.50. The SMILES string of the molecule is C#C[C@H]1CN(C(=O)OC(C)(C)C)C[C@@H]1OC. The Morgan fingerprint density at radius 2 is 2.06 bits per heavy atom. The van der Waals surface area contributed by atoms with Gasteiger partial charge < -0.3 is 14.4 Å². The molecule has 2 atom stereocenters. The van der Waals surface area contributed by atoms with Crippen LogP contribution in [0.3, 0.4) is 0 Å². The van der Waals surface area contributed by atoms with E-state index < -0.39 is 5.60 Å². The van der Waals surface area contributed by atoms with Crippen molar-refractivity contribution >= 4 is 6.09 Å². The molecule has 1 aliphatic rings. The van der Waals surface area contributed by atoms with Crippen LogP contribution in [0.15, 0.2) is 0 Å². The standard InChI is InChI=1S/C12H19NO3/c1-6-9-7-13(8-10(9)15-5)11(14)16-12(2,3)4/h1,9-10H,7-8H2,2-5H3/t9-,10-/m0/s1. The van der Waals surface area contributed by atoms with Crippen LogP contribution in [-0.4, -0.2) is 42.9 Å². The van der Waals surface area contributed by atoms with Crippen molar-refractivity contribution in [2.75, 3.05) is 20.2 Å². The molecule has 0 aliphatic carbocycles. The van der Waals surface area contributed by atoms with E-state index in [9.17, 15) is 4.79 Å². The zero-order valence-corrected chi connectivity index (χ0v) is 10.3. The van der Waals surface area contributed by atoms with E-state index in [1.165, 1.54) is 0 Å². The molecule has 4 heteroatoms. The first-order valence-electron chi connectivity index (χ1n) is 5.34. The summed E-state index contributed by atoms with van der Waals surface area (Å²) in [6.45, 7) is 6.53. The maximum absolute atomic E-state index is 11.8. The summed E-state index contributed by atoms with van der Waals surface area (Å²) in [4.78, 5) is 13.4. The lowest BCUT2D eigenvalue weighted by Crippen LogP contribution is -2.36. The highest BCUT2D eigenvalue weighted by molar-refractivity contribution is 5.68. The van der Waals surface area contributed by atoms with Gasteiger partial charge in [0.1, 0.15) is 5.60 Å². The molecule has 16 heavy (non-hydrogen) atoms. The van der Waals surface area contributed by atoms with E-state index in [2.05, 4.69) is 5.92 Å². The van der Waals surface area contributed by atoms with Gasteiger partial charge in [-0.05, 0) is 20.8 Å². The van der Waals surface area contributed by atoms with Crippen LogP contribution < -0.4 is 0 Å². The number of hydrogen-bond donors (Lipinski definition) is 0. The van der Waals surface area contributed by atoms with E-state index in [4.69, 9.17) is 15.9 Å². The minimum Gasteiger partial charge on any atom is -0.444 e. The van der Waals surface area contributed by atoms with Crippen molar-refractivity contribution in [2.24, 2.45) is 5.92 Å². The second-order valence-electron chi connectivity index (χ2n) is 4.93. The number of terminal acetylenes is 1. The van der Waals surface area contributed by atoms with Crippen LogP contribution in [0.25, 0.3) is 0 Å². The molecular formula is C12H19NO3. The lowest BCUT2D eigenvalue weighted by atomic mass is 10.1. The van der Waals surface area contributed by atoms with E-state index in [-0.39, 0.29) is 18.1 Å². The number of likely N-dealkylation sites (tertiary alicyclic amines) is 1. The second-order valence-corrected chi connectivity index (χ2v) is 4.93. The fourth-order valence-electron chi connectivity index (χ4n) is 1.65. The molecule has 0 radical (unpaired) electrons. The lowest BCUT2D eigenvalue weighted by molar-refractivity contribution is 0.0252. The summed E-state index contributed by atoms with van der Waals surface area (Å²) < 4.78 is 10.5. The third-order valence-corrected chi connectivity index (χ3v) is 2.43. The molecule has 4 nitrogen and oxygen atoms in total. The van der Waals surface area contributed by atoms with E-state index >= 15 is 0 Å². The average Bonchev–Trinajstić information content (AvgIpc) is 2.57. The average molecular weight is 225 g/mol. The molecule has 0 aromatic carbocycles.